The molecule has 4 fully saturated rings. The molecule has 9 unspecified atom stereocenters. The van der Waals surface area contributed by atoms with Crippen molar-refractivity contribution in [3.8, 4) is 23.3 Å². The second-order valence-electron chi connectivity index (χ2n) is 18.5. The van der Waals surface area contributed by atoms with Gasteiger partial charge in [-0.3, -0.25) is 14.7 Å². The zero-order valence-corrected chi connectivity index (χ0v) is 33.2. The van der Waals surface area contributed by atoms with Crippen molar-refractivity contribution in [2.45, 2.75) is 140 Å². The minimum absolute atomic E-state index is 0.0384. The largest absolute Gasteiger partial charge is 0.504 e. The topological polar surface area (TPSA) is 145 Å². The molecule has 8 aliphatic rings. The number of guanidine groups is 1. The molecule has 8 bridgehead atoms. The van der Waals surface area contributed by atoms with Gasteiger partial charge in [0.2, 0.25) is 0 Å². The fourth-order valence-corrected chi connectivity index (χ4v) is 11.5. The van der Waals surface area contributed by atoms with E-state index in [1.54, 1.807) is 6.07 Å². The zero-order valence-electron chi connectivity index (χ0n) is 33.2. The van der Waals surface area contributed by atoms with Gasteiger partial charge in [-0.25, -0.2) is 0 Å². The molecule has 9 rings (SSSR count). The van der Waals surface area contributed by atoms with Crippen molar-refractivity contribution in [2.75, 3.05) is 45.8 Å². The van der Waals surface area contributed by atoms with Gasteiger partial charge in [0, 0.05) is 57.4 Å². The van der Waals surface area contributed by atoms with Crippen LogP contribution < -0.4 is 21.1 Å². The lowest BCUT2D eigenvalue weighted by atomic mass is 9.73. The Bertz CT molecular complexity index is 1590. The number of carbonyl (C=O) groups excluding carboxylic acids is 1. The third-order valence-corrected chi connectivity index (χ3v) is 14.4. The molecule has 55 heavy (non-hydrogen) atoms. The van der Waals surface area contributed by atoms with Crippen LogP contribution in [-0.2, 0) is 16.0 Å². The molecule has 9 atom stereocenters. The number of aliphatic imine (C=N–C) groups is 1. The van der Waals surface area contributed by atoms with Gasteiger partial charge >= 0.3 is 5.97 Å². The van der Waals surface area contributed by atoms with E-state index >= 15 is 0 Å². The Kier molecular flexibility index (Phi) is 11.9. The normalized spacial score (nSPS) is 39.3. The molecule has 0 amide bonds. The lowest BCUT2D eigenvalue weighted by Gasteiger charge is -2.54. The first-order chi connectivity index (χ1) is 26.6. The van der Waals surface area contributed by atoms with Crippen LogP contribution in [0.3, 0.4) is 0 Å². The maximum atomic E-state index is 12.7. The summed E-state index contributed by atoms with van der Waals surface area (Å²) in [6, 6.07) is 5.95. The molecule has 302 valence electrons. The van der Waals surface area contributed by atoms with Crippen molar-refractivity contribution in [2.24, 2.45) is 39.8 Å². The van der Waals surface area contributed by atoms with Gasteiger partial charge < -0.3 is 41.0 Å². The minimum atomic E-state index is -0.664. The van der Waals surface area contributed by atoms with E-state index in [1.807, 2.05) is 12.1 Å². The number of aromatic hydroxyl groups is 1. The van der Waals surface area contributed by atoms with Gasteiger partial charge in [0.15, 0.2) is 17.5 Å². The van der Waals surface area contributed by atoms with Crippen LogP contribution in [0.15, 0.2) is 23.2 Å². The van der Waals surface area contributed by atoms with E-state index in [0.717, 1.165) is 96.2 Å². The number of aliphatic hydroxyl groups excluding tert-OH is 1. The summed E-state index contributed by atoms with van der Waals surface area (Å²) in [5, 5.41) is 30.2. The predicted octanol–water partition coefficient (Wildman–Crippen LogP) is 4.54. The Hall–Kier alpha value is -3.04. The van der Waals surface area contributed by atoms with Gasteiger partial charge in [-0.1, -0.05) is 30.7 Å². The number of nitrogens with one attached hydrogen (secondary N) is 2. The third kappa shape index (κ3) is 9.24. The Morgan fingerprint density at radius 3 is 2.62 bits per heavy atom. The van der Waals surface area contributed by atoms with Gasteiger partial charge in [-0.05, 0) is 126 Å². The fraction of sp³-hybridized carbons (Fsp3) is 0.773. The van der Waals surface area contributed by atoms with Crippen LogP contribution in [0.4, 0.5) is 0 Å². The highest BCUT2D eigenvalue weighted by molar-refractivity contribution is 5.78. The van der Waals surface area contributed by atoms with Crippen LogP contribution in [-0.4, -0.2) is 108 Å². The van der Waals surface area contributed by atoms with Gasteiger partial charge in [0.05, 0.1) is 23.7 Å². The number of ether oxygens (including phenoxy) is 2. The first kappa shape index (κ1) is 38.8. The molecule has 0 radical (unpaired) electrons. The van der Waals surface area contributed by atoms with Crippen molar-refractivity contribution >= 4 is 11.9 Å². The maximum absolute atomic E-state index is 12.7. The molecule has 1 saturated carbocycles. The Balaban J connectivity index is 1.17. The molecule has 1 aromatic carbocycles. The summed E-state index contributed by atoms with van der Waals surface area (Å²) in [4.78, 5) is 23.3. The molecule has 2 aliphatic carbocycles. The van der Waals surface area contributed by atoms with E-state index in [-0.39, 0.29) is 35.3 Å². The molecular formula is C44H66N6O5. The number of nitrogens with two attached hydrogens (primary N) is 1. The van der Waals surface area contributed by atoms with E-state index in [2.05, 4.69) is 32.3 Å². The third-order valence-electron chi connectivity index (χ3n) is 14.4. The molecule has 11 heteroatoms. The van der Waals surface area contributed by atoms with Gasteiger partial charge in [0.1, 0.15) is 12.2 Å². The standard InChI is InChI=1S/C44H66N6O5/c1-30(51)54-40-24-36(52)11-16-43(15-10-34-6-5-7-35-23-37(12-18-46-35)55-41-22-31(21-38(34)40)8-9-39(41)53)17-19-49-25-32-20-33(26-49)28-50(27-32)44(13-3-2-4-14-44)48-42(45)47-29-43/h8-9,22,32-38,40,46,52-53H,2-7,11-14,16-21,23-29H2,1H3,(H3,45,47,48). The number of hydrogen-bond donors (Lipinski definition) is 5. The Morgan fingerprint density at radius 2 is 1.82 bits per heavy atom. The van der Waals surface area contributed by atoms with E-state index in [0.29, 0.717) is 61.8 Å². The molecule has 0 aromatic heterocycles. The van der Waals surface area contributed by atoms with Gasteiger partial charge in [-0.15, -0.1) is 0 Å². The molecule has 6 heterocycles. The molecule has 6 aliphatic heterocycles. The number of fused-ring (bicyclic) bond motifs is 8. The summed E-state index contributed by atoms with van der Waals surface area (Å²) in [7, 11) is 0. The van der Waals surface area contributed by atoms with Crippen molar-refractivity contribution in [3.05, 3.63) is 23.8 Å². The van der Waals surface area contributed by atoms with E-state index in [4.69, 9.17) is 20.2 Å². The number of carbonyl (C=O) groups is 1. The Labute approximate surface area is 328 Å². The fourth-order valence-electron chi connectivity index (χ4n) is 11.5. The number of nitrogens with zero attached hydrogens (tertiary/aromatic N) is 3. The first-order valence-electron chi connectivity index (χ1n) is 21.8. The highest BCUT2D eigenvalue weighted by atomic mass is 16.5. The summed E-state index contributed by atoms with van der Waals surface area (Å²) >= 11 is 0. The number of piperidine rings is 3. The van der Waals surface area contributed by atoms with Crippen molar-refractivity contribution in [1.82, 2.24) is 20.4 Å². The SMILES string of the molecule is CC(=O)OC1CC(O)CCC2(C#CC3CCCC4CC(CCN4)Oc4cc(ccc4O)CC31)CCN1CC3CC(C1)CN(C3)C1(CCCCC1)NC(N)=NC2. The average molecular weight is 759 g/mol. The molecule has 3 saturated heterocycles. The van der Waals surface area contributed by atoms with Crippen LogP contribution in [0.25, 0.3) is 0 Å². The van der Waals surface area contributed by atoms with Crippen LogP contribution in [0.1, 0.15) is 109 Å². The second kappa shape index (κ2) is 16.8. The van der Waals surface area contributed by atoms with Gasteiger partial charge in [0.25, 0.3) is 0 Å². The molecule has 6 N–H and O–H groups in total. The lowest BCUT2D eigenvalue weighted by molar-refractivity contribution is -0.152. The summed E-state index contributed by atoms with van der Waals surface area (Å²) in [6.07, 6.45) is 13.7. The second-order valence-corrected chi connectivity index (χ2v) is 18.5. The number of benzene rings is 1. The monoisotopic (exact) mass is 759 g/mol. The van der Waals surface area contributed by atoms with E-state index in [1.165, 1.54) is 32.6 Å². The smallest absolute Gasteiger partial charge is 0.302 e. The number of hydrogen-bond acceptors (Lipinski definition) is 11. The summed E-state index contributed by atoms with van der Waals surface area (Å²) < 4.78 is 12.6. The Morgan fingerprint density at radius 1 is 1.00 bits per heavy atom. The molecule has 11 nitrogen and oxygen atoms in total. The summed E-state index contributed by atoms with van der Waals surface area (Å²) in [6.45, 7) is 8.26. The van der Waals surface area contributed by atoms with Crippen LogP contribution in [0.2, 0.25) is 0 Å². The number of aliphatic hydroxyl groups is 1. The van der Waals surface area contributed by atoms with Crippen molar-refractivity contribution < 1.29 is 24.5 Å². The van der Waals surface area contributed by atoms with Gasteiger partial charge in [-0.2, -0.15) is 0 Å². The average Bonchev–Trinajstić information content (AvgIpc) is 3.17. The van der Waals surface area contributed by atoms with Crippen LogP contribution >= 0.6 is 0 Å². The zero-order chi connectivity index (χ0) is 38.0. The highest BCUT2D eigenvalue weighted by Gasteiger charge is 2.46. The number of phenolic OH excluding ortho intramolecular Hbond substituents is 1. The molecule has 2 spiro atoms. The minimum Gasteiger partial charge on any atom is -0.504 e. The summed E-state index contributed by atoms with van der Waals surface area (Å²) in [5.74, 6) is 9.71. The quantitative estimate of drug-likeness (QED) is 0.205. The number of rotatable bonds is 1. The predicted molar refractivity (Wildman–Crippen MR) is 213 cm³/mol. The van der Waals surface area contributed by atoms with E-state index in [9.17, 15) is 15.0 Å². The maximum Gasteiger partial charge on any atom is 0.302 e. The number of phenols is 1. The van der Waals surface area contributed by atoms with Crippen molar-refractivity contribution in [1.29, 1.82) is 0 Å². The van der Waals surface area contributed by atoms with E-state index < -0.39 is 17.6 Å². The van der Waals surface area contributed by atoms with Crippen LogP contribution in [0.5, 0.6) is 11.5 Å². The molecule has 1 aromatic rings. The van der Waals surface area contributed by atoms with Crippen molar-refractivity contribution in [3.63, 3.8) is 0 Å². The molecular weight excluding hydrogens is 693 g/mol. The first-order valence-corrected chi connectivity index (χ1v) is 21.8. The summed E-state index contributed by atoms with van der Waals surface area (Å²) in [5.41, 5.74) is 7.30. The highest BCUT2D eigenvalue weighted by Crippen LogP contribution is 2.41. The van der Waals surface area contributed by atoms with Crippen LogP contribution in [0, 0.1) is 40.9 Å². The lowest BCUT2D eigenvalue weighted by Crippen LogP contribution is -2.67. The number of esters is 1.